The lowest BCUT2D eigenvalue weighted by Crippen LogP contribution is -2.26. The van der Waals surface area contributed by atoms with Gasteiger partial charge in [0.15, 0.2) is 0 Å². The van der Waals surface area contributed by atoms with E-state index in [0.717, 1.165) is 18.5 Å². The molecule has 0 unspecified atom stereocenters. The van der Waals surface area contributed by atoms with Gasteiger partial charge in [-0.05, 0) is 40.9 Å². The van der Waals surface area contributed by atoms with Crippen molar-refractivity contribution in [1.82, 2.24) is 4.98 Å². The van der Waals surface area contributed by atoms with Crippen LogP contribution in [0.4, 0.5) is 0 Å². The van der Waals surface area contributed by atoms with E-state index < -0.39 is 0 Å². The van der Waals surface area contributed by atoms with E-state index in [2.05, 4.69) is 84.1 Å². The Morgan fingerprint density at radius 1 is 0.818 bits per heavy atom. The fourth-order valence-electron chi connectivity index (χ4n) is 2.70. The zero-order chi connectivity index (χ0) is 16.4. The molecule has 1 nitrogen and oxygen atoms in total. The van der Waals surface area contributed by atoms with Gasteiger partial charge in [0.05, 0.1) is 5.69 Å². The Bertz CT molecular complexity index is 624. The van der Waals surface area contributed by atoms with E-state index >= 15 is 0 Å². The van der Waals surface area contributed by atoms with Crippen molar-refractivity contribution in [3.8, 4) is 11.3 Å². The van der Waals surface area contributed by atoms with Gasteiger partial charge in [-0.25, -0.2) is 0 Å². The first-order valence-corrected chi connectivity index (χ1v) is 8.38. The van der Waals surface area contributed by atoms with Crippen LogP contribution in [0.15, 0.2) is 42.6 Å². The number of pyridine rings is 1. The second kappa shape index (κ2) is 6.24. The van der Waals surface area contributed by atoms with Crippen LogP contribution < -0.4 is 0 Å². The highest BCUT2D eigenvalue weighted by Gasteiger charge is 2.29. The standard InChI is InChI=1S/C21H29N/c1-7-20(3,4)17-14-19(16-12-10-9-11-13-16)22-15-18(17)21(5,6)8-2/h9-15H,7-8H2,1-6H3. The molecule has 22 heavy (non-hydrogen) atoms. The Hall–Kier alpha value is -1.63. The lowest BCUT2D eigenvalue weighted by atomic mass is 9.72. The van der Waals surface area contributed by atoms with Gasteiger partial charge in [-0.15, -0.1) is 0 Å². The molecule has 0 amide bonds. The summed E-state index contributed by atoms with van der Waals surface area (Å²) in [4.78, 5) is 4.77. The summed E-state index contributed by atoms with van der Waals surface area (Å²) in [6, 6.07) is 12.8. The fraction of sp³-hybridized carbons (Fsp3) is 0.476. The molecular formula is C21H29N. The largest absolute Gasteiger partial charge is 0.256 e. The molecular weight excluding hydrogens is 266 g/mol. The van der Waals surface area contributed by atoms with Crippen LogP contribution >= 0.6 is 0 Å². The van der Waals surface area contributed by atoms with E-state index in [1.165, 1.54) is 16.7 Å². The Labute approximate surface area is 135 Å². The number of aromatic nitrogens is 1. The minimum absolute atomic E-state index is 0.157. The second-order valence-electron chi connectivity index (χ2n) is 7.46. The summed E-state index contributed by atoms with van der Waals surface area (Å²) >= 11 is 0. The van der Waals surface area contributed by atoms with Gasteiger partial charge in [0.2, 0.25) is 0 Å². The summed E-state index contributed by atoms with van der Waals surface area (Å²) in [5, 5.41) is 0. The molecule has 0 N–H and O–H groups in total. The van der Waals surface area contributed by atoms with E-state index in [-0.39, 0.29) is 10.8 Å². The molecule has 1 heterocycles. The number of nitrogens with zero attached hydrogens (tertiary/aromatic N) is 1. The van der Waals surface area contributed by atoms with Crippen LogP contribution in [0.2, 0.25) is 0 Å². The second-order valence-corrected chi connectivity index (χ2v) is 7.46. The molecule has 1 aromatic carbocycles. The van der Waals surface area contributed by atoms with Gasteiger partial charge in [0, 0.05) is 11.8 Å². The quantitative estimate of drug-likeness (QED) is 0.647. The average Bonchev–Trinajstić information content (AvgIpc) is 2.55. The summed E-state index contributed by atoms with van der Waals surface area (Å²) < 4.78 is 0. The molecule has 0 radical (unpaired) electrons. The molecule has 2 aromatic rings. The highest BCUT2D eigenvalue weighted by atomic mass is 14.7. The number of hydrogen-bond acceptors (Lipinski definition) is 1. The highest BCUT2D eigenvalue weighted by molar-refractivity contribution is 5.61. The third kappa shape index (κ3) is 3.24. The molecule has 118 valence electrons. The number of rotatable bonds is 5. The first-order valence-electron chi connectivity index (χ1n) is 8.38. The van der Waals surface area contributed by atoms with Gasteiger partial charge in [0.1, 0.15) is 0 Å². The molecule has 0 aliphatic carbocycles. The van der Waals surface area contributed by atoms with Crippen molar-refractivity contribution in [3.63, 3.8) is 0 Å². The van der Waals surface area contributed by atoms with Crippen molar-refractivity contribution in [2.75, 3.05) is 0 Å². The maximum Gasteiger partial charge on any atom is 0.0705 e. The first-order chi connectivity index (χ1) is 10.3. The van der Waals surface area contributed by atoms with Crippen molar-refractivity contribution >= 4 is 0 Å². The minimum Gasteiger partial charge on any atom is -0.256 e. The molecule has 0 aliphatic heterocycles. The number of hydrogen-bond donors (Lipinski definition) is 0. The molecule has 2 rings (SSSR count). The van der Waals surface area contributed by atoms with Gasteiger partial charge >= 0.3 is 0 Å². The van der Waals surface area contributed by atoms with Crippen molar-refractivity contribution in [2.24, 2.45) is 0 Å². The van der Waals surface area contributed by atoms with Gasteiger partial charge in [-0.2, -0.15) is 0 Å². The van der Waals surface area contributed by atoms with E-state index in [1.54, 1.807) is 0 Å². The zero-order valence-electron chi connectivity index (χ0n) is 14.9. The van der Waals surface area contributed by atoms with Gasteiger partial charge < -0.3 is 0 Å². The van der Waals surface area contributed by atoms with E-state index in [4.69, 9.17) is 4.98 Å². The van der Waals surface area contributed by atoms with E-state index in [9.17, 15) is 0 Å². The van der Waals surface area contributed by atoms with Crippen molar-refractivity contribution in [3.05, 3.63) is 53.7 Å². The fourth-order valence-corrected chi connectivity index (χ4v) is 2.70. The third-order valence-corrected chi connectivity index (χ3v) is 5.20. The van der Waals surface area contributed by atoms with E-state index in [1.807, 2.05) is 0 Å². The molecule has 0 saturated heterocycles. The molecule has 1 aromatic heterocycles. The first kappa shape index (κ1) is 16.7. The predicted molar refractivity (Wildman–Crippen MR) is 96.3 cm³/mol. The van der Waals surface area contributed by atoms with Crippen LogP contribution in [0, 0.1) is 0 Å². The maximum atomic E-state index is 4.77. The molecule has 0 bridgehead atoms. The van der Waals surface area contributed by atoms with Crippen LogP contribution in [-0.2, 0) is 10.8 Å². The molecule has 0 atom stereocenters. The Morgan fingerprint density at radius 2 is 1.36 bits per heavy atom. The molecule has 0 saturated carbocycles. The summed E-state index contributed by atoms with van der Waals surface area (Å²) in [5.41, 5.74) is 5.42. The van der Waals surface area contributed by atoms with Gasteiger partial charge in [-0.1, -0.05) is 71.9 Å². The molecule has 1 heteroatoms. The predicted octanol–water partition coefficient (Wildman–Crippen LogP) is 6.12. The zero-order valence-corrected chi connectivity index (χ0v) is 14.9. The van der Waals surface area contributed by atoms with Crippen molar-refractivity contribution in [1.29, 1.82) is 0 Å². The summed E-state index contributed by atoms with van der Waals surface area (Å²) in [6.45, 7) is 13.8. The van der Waals surface area contributed by atoms with Crippen LogP contribution in [0.3, 0.4) is 0 Å². The smallest absolute Gasteiger partial charge is 0.0705 e. The monoisotopic (exact) mass is 295 g/mol. The van der Waals surface area contributed by atoms with Gasteiger partial charge in [-0.3, -0.25) is 4.98 Å². The average molecular weight is 295 g/mol. The Kier molecular flexibility index (Phi) is 4.75. The Balaban J connectivity index is 2.64. The minimum atomic E-state index is 0.157. The summed E-state index contributed by atoms with van der Waals surface area (Å²) in [7, 11) is 0. The number of benzene rings is 1. The van der Waals surface area contributed by atoms with Crippen molar-refractivity contribution in [2.45, 2.75) is 65.2 Å². The van der Waals surface area contributed by atoms with Crippen LogP contribution in [0.5, 0.6) is 0 Å². The van der Waals surface area contributed by atoms with Crippen LogP contribution in [0.25, 0.3) is 11.3 Å². The van der Waals surface area contributed by atoms with E-state index in [0.29, 0.717) is 0 Å². The maximum absolute atomic E-state index is 4.77. The summed E-state index contributed by atoms with van der Waals surface area (Å²) in [5.74, 6) is 0. The van der Waals surface area contributed by atoms with Gasteiger partial charge in [0.25, 0.3) is 0 Å². The molecule has 0 spiro atoms. The Morgan fingerprint density at radius 3 is 1.91 bits per heavy atom. The lowest BCUT2D eigenvalue weighted by molar-refractivity contribution is 0.454. The SMILES string of the molecule is CCC(C)(C)c1cnc(-c2ccccc2)cc1C(C)(C)CC. The lowest BCUT2D eigenvalue weighted by Gasteiger charge is -2.33. The van der Waals surface area contributed by atoms with Crippen LogP contribution in [-0.4, -0.2) is 4.98 Å². The molecule has 0 aliphatic rings. The van der Waals surface area contributed by atoms with Crippen LogP contribution in [0.1, 0.15) is 65.5 Å². The third-order valence-electron chi connectivity index (χ3n) is 5.20. The summed E-state index contributed by atoms with van der Waals surface area (Å²) in [6.07, 6.45) is 4.35. The van der Waals surface area contributed by atoms with Crippen molar-refractivity contribution < 1.29 is 0 Å². The normalized spacial score (nSPS) is 12.5. The highest BCUT2D eigenvalue weighted by Crippen LogP contribution is 2.38. The molecule has 0 fully saturated rings. The topological polar surface area (TPSA) is 12.9 Å².